The van der Waals surface area contributed by atoms with Gasteiger partial charge in [0.05, 0.1) is 24.4 Å². The molecule has 1 aromatic rings. The van der Waals surface area contributed by atoms with E-state index in [9.17, 15) is 15.4 Å². The Kier molecular flexibility index (Phi) is 5.22. The van der Waals surface area contributed by atoms with Gasteiger partial charge in [0.25, 0.3) is 0 Å². The first-order valence-electron chi connectivity index (χ1n) is 9.61. The molecule has 2 fully saturated rings. The van der Waals surface area contributed by atoms with Crippen LogP contribution in [0.4, 0.5) is 0 Å². The number of rotatable bonds is 3. The van der Waals surface area contributed by atoms with Gasteiger partial charge in [-0.2, -0.15) is 0 Å². The fraction of sp³-hybridized carbons (Fsp3) is 0.600. The Labute approximate surface area is 169 Å². The summed E-state index contributed by atoms with van der Waals surface area (Å²) < 4.78 is 6.31. The van der Waals surface area contributed by atoms with Gasteiger partial charge in [0.1, 0.15) is 18.3 Å². The Morgan fingerprint density at radius 1 is 1.25 bits per heavy atom. The third kappa shape index (κ3) is 3.15. The van der Waals surface area contributed by atoms with E-state index in [1.807, 2.05) is 13.8 Å². The van der Waals surface area contributed by atoms with Crippen molar-refractivity contribution in [2.45, 2.75) is 57.1 Å². The minimum atomic E-state index is -0.879. The van der Waals surface area contributed by atoms with Crippen LogP contribution in [-0.2, 0) is 4.74 Å². The summed E-state index contributed by atoms with van der Waals surface area (Å²) >= 11 is 5.95. The first kappa shape index (κ1) is 19.8. The highest BCUT2D eigenvalue weighted by Gasteiger charge is 2.57. The molecule has 2 heterocycles. The Morgan fingerprint density at radius 2 is 1.96 bits per heavy atom. The number of hydrogen-bond acceptors (Lipinski definition) is 7. The lowest BCUT2D eigenvalue weighted by Gasteiger charge is -2.32. The number of nitrogens with one attached hydrogen (secondary N) is 1. The van der Waals surface area contributed by atoms with E-state index in [-0.39, 0.29) is 17.9 Å². The predicted molar refractivity (Wildman–Crippen MR) is 106 cm³/mol. The average Bonchev–Trinajstić information content (AvgIpc) is 3.21. The summed E-state index contributed by atoms with van der Waals surface area (Å²) in [7, 11) is 0. The summed E-state index contributed by atoms with van der Waals surface area (Å²) in [5.74, 6) is 0.475. The van der Waals surface area contributed by atoms with Gasteiger partial charge in [0.15, 0.2) is 0 Å². The number of benzene rings is 1. The number of aliphatic imine (C=N–C) groups is 2. The second-order valence-electron chi connectivity index (χ2n) is 8.51. The molecule has 0 aromatic heterocycles. The second-order valence-corrected chi connectivity index (χ2v) is 8.95. The highest BCUT2D eigenvalue weighted by Crippen LogP contribution is 2.50. The van der Waals surface area contributed by atoms with Crippen molar-refractivity contribution in [1.82, 2.24) is 5.48 Å². The molecule has 4 rings (SSSR count). The summed E-state index contributed by atoms with van der Waals surface area (Å²) in [6.45, 7) is 3.83. The Balaban J connectivity index is 1.56. The molecule has 3 aliphatic rings. The summed E-state index contributed by atoms with van der Waals surface area (Å²) in [6.07, 6.45) is 0.408. The van der Waals surface area contributed by atoms with E-state index in [1.165, 1.54) is 6.34 Å². The molecule has 0 bridgehead atoms. The summed E-state index contributed by atoms with van der Waals surface area (Å²) in [6, 6.07) is 6.90. The second kappa shape index (κ2) is 7.39. The quantitative estimate of drug-likeness (QED) is 0.575. The van der Waals surface area contributed by atoms with Gasteiger partial charge in [-0.3, -0.25) is 15.7 Å². The van der Waals surface area contributed by atoms with Crippen molar-refractivity contribution >= 4 is 23.8 Å². The zero-order chi connectivity index (χ0) is 20.1. The maximum atomic E-state index is 11.1. The predicted octanol–water partition coefficient (Wildman–Crippen LogP) is 2.34. The van der Waals surface area contributed by atoms with E-state index in [1.54, 1.807) is 24.3 Å². The number of ether oxygens (including phenoxy) is 1. The number of fused-ring (bicyclic) bond motifs is 1. The van der Waals surface area contributed by atoms with Gasteiger partial charge >= 0.3 is 0 Å². The fourth-order valence-corrected chi connectivity index (χ4v) is 5.05. The van der Waals surface area contributed by atoms with Gasteiger partial charge in [0.2, 0.25) is 0 Å². The third-order valence-electron chi connectivity index (χ3n) is 6.59. The highest BCUT2D eigenvalue weighted by molar-refractivity contribution is 6.30. The minimum Gasteiger partial charge on any atom is -0.390 e. The van der Waals surface area contributed by atoms with Crippen molar-refractivity contribution in [1.29, 1.82) is 0 Å². The van der Waals surface area contributed by atoms with E-state index < -0.39 is 29.8 Å². The lowest BCUT2D eigenvalue weighted by Crippen LogP contribution is -2.43. The van der Waals surface area contributed by atoms with Crippen LogP contribution in [0.3, 0.4) is 0 Å². The van der Waals surface area contributed by atoms with Crippen molar-refractivity contribution in [3.63, 3.8) is 0 Å². The van der Waals surface area contributed by atoms with Crippen molar-refractivity contribution < 1.29 is 20.2 Å². The van der Waals surface area contributed by atoms with Crippen molar-refractivity contribution in [2.24, 2.45) is 27.2 Å². The molecule has 0 radical (unpaired) electrons. The van der Waals surface area contributed by atoms with E-state index in [0.717, 1.165) is 12.8 Å². The first-order chi connectivity index (χ1) is 13.3. The molecular weight excluding hydrogens is 382 g/mol. The normalized spacial score (nSPS) is 37.4. The fourth-order valence-electron chi connectivity index (χ4n) is 4.93. The molecule has 4 unspecified atom stereocenters. The molecule has 0 amide bonds. The zero-order valence-corrected chi connectivity index (χ0v) is 16.6. The number of amidine groups is 1. The molecule has 2 aliphatic heterocycles. The number of nitrogens with zero attached hydrogens (tertiary/aromatic N) is 2. The first-order valence-corrected chi connectivity index (χ1v) is 9.99. The van der Waals surface area contributed by atoms with Gasteiger partial charge in [-0.1, -0.05) is 37.6 Å². The summed E-state index contributed by atoms with van der Waals surface area (Å²) in [4.78, 5) is 8.60. The summed E-state index contributed by atoms with van der Waals surface area (Å²) in [5.41, 5.74) is 2.23. The molecule has 7 atom stereocenters. The van der Waals surface area contributed by atoms with Crippen LogP contribution in [0.15, 0.2) is 34.3 Å². The molecule has 0 spiro atoms. The topological polar surface area (TPSA) is 107 Å². The maximum Gasteiger partial charge on any atom is 0.132 e. The van der Waals surface area contributed by atoms with Crippen LogP contribution in [-0.4, -0.2) is 51.9 Å². The molecule has 28 heavy (non-hydrogen) atoms. The molecule has 1 saturated carbocycles. The van der Waals surface area contributed by atoms with Gasteiger partial charge in [0, 0.05) is 22.3 Å². The van der Waals surface area contributed by atoms with Gasteiger partial charge in [-0.05, 0) is 30.5 Å². The number of halogens is 1. The standard InChI is InChI=1S/C20H26ClN3O4/c1-20(2)17(26)16(12-7-8-13-14(12)22-9-23-19(13)24-27)28-18(20)15(25)10-3-5-11(21)6-4-10/h3-6,9,12-18,25-27H,7-8H2,1-2H3,(H,22,23,24)/t12?,13?,14?,15-,16+,17+,18?/m1/s1. The Morgan fingerprint density at radius 3 is 2.64 bits per heavy atom. The van der Waals surface area contributed by atoms with Crippen LogP contribution < -0.4 is 5.48 Å². The average molecular weight is 408 g/mol. The van der Waals surface area contributed by atoms with Crippen molar-refractivity contribution in [2.75, 3.05) is 0 Å². The van der Waals surface area contributed by atoms with Gasteiger partial charge in [-0.15, -0.1) is 0 Å². The summed E-state index contributed by atoms with van der Waals surface area (Å²) in [5, 5.41) is 32.0. The van der Waals surface area contributed by atoms with E-state index in [0.29, 0.717) is 16.4 Å². The monoisotopic (exact) mass is 407 g/mol. The molecule has 152 valence electrons. The number of hydroxylamine groups is 1. The number of hydrogen-bond donors (Lipinski definition) is 4. The molecule has 1 saturated heterocycles. The molecule has 1 aliphatic carbocycles. The largest absolute Gasteiger partial charge is 0.390 e. The van der Waals surface area contributed by atoms with E-state index >= 15 is 0 Å². The van der Waals surface area contributed by atoms with Crippen LogP contribution >= 0.6 is 11.6 Å². The van der Waals surface area contributed by atoms with Crippen LogP contribution in [0, 0.1) is 17.3 Å². The van der Waals surface area contributed by atoms with Crippen LogP contribution in [0.5, 0.6) is 0 Å². The van der Waals surface area contributed by atoms with Crippen molar-refractivity contribution in [3.8, 4) is 0 Å². The SMILES string of the molecule is CC1(C)C([C@H](O)c2ccc(Cl)cc2)O[C@@H](C2CCC3C(NO)=NC=NC32)[C@@H]1O. The van der Waals surface area contributed by atoms with Crippen molar-refractivity contribution in [3.05, 3.63) is 34.9 Å². The lowest BCUT2D eigenvalue weighted by molar-refractivity contribution is -0.0788. The molecule has 1 aromatic carbocycles. The highest BCUT2D eigenvalue weighted by atomic mass is 35.5. The lowest BCUT2D eigenvalue weighted by atomic mass is 9.75. The third-order valence-corrected chi connectivity index (χ3v) is 6.85. The maximum absolute atomic E-state index is 11.1. The molecular formula is C20H26ClN3O4. The molecule has 7 nitrogen and oxygen atoms in total. The number of aliphatic hydroxyl groups is 2. The van der Waals surface area contributed by atoms with Gasteiger partial charge < -0.3 is 14.9 Å². The van der Waals surface area contributed by atoms with E-state index in [4.69, 9.17) is 16.3 Å². The zero-order valence-electron chi connectivity index (χ0n) is 15.9. The van der Waals surface area contributed by atoms with Crippen LogP contribution in [0.2, 0.25) is 5.02 Å². The Hall–Kier alpha value is -1.51. The Bertz CT molecular complexity index is 782. The molecule has 4 N–H and O–H groups in total. The van der Waals surface area contributed by atoms with Crippen LogP contribution in [0.25, 0.3) is 0 Å². The van der Waals surface area contributed by atoms with E-state index in [2.05, 4.69) is 15.5 Å². The minimum absolute atomic E-state index is 0.0147. The van der Waals surface area contributed by atoms with Gasteiger partial charge in [-0.25, -0.2) is 4.99 Å². The molecule has 8 heteroatoms. The number of aliphatic hydroxyl groups excluding tert-OH is 2. The van der Waals surface area contributed by atoms with Crippen LogP contribution in [0.1, 0.15) is 38.4 Å². The smallest absolute Gasteiger partial charge is 0.132 e.